The molecule has 2 heterocycles. The monoisotopic (exact) mass is 260 g/mol. The third-order valence-electron chi connectivity index (χ3n) is 3.61. The highest BCUT2D eigenvalue weighted by Gasteiger charge is 2.25. The Hall–Kier alpha value is -1.84. The van der Waals surface area contributed by atoms with E-state index in [1.807, 2.05) is 12.1 Å². The van der Waals surface area contributed by atoms with Crippen molar-refractivity contribution >= 4 is 17.9 Å². The van der Waals surface area contributed by atoms with Crippen LogP contribution in [0.1, 0.15) is 32.3 Å². The third kappa shape index (κ3) is 3.34. The summed E-state index contributed by atoms with van der Waals surface area (Å²) in [7, 11) is 0. The summed E-state index contributed by atoms with van der Waals surface area (Å²) in [6, 6.07) is 4.19. The molecule has 0 spiro atoms. The lowest BCUT2D eigenvalue weighted by Gasteiger charge is -2.38. The molecular formula is C15H20N2O2. The van der Waals surface area contributed by atoms with E-state index in [1.165, 1.54) is 12.5 Å². The number of carbonyl (C=O) groups is 1. The first-order valence-corrected chi connectivity index (χ1v) is 6.70. The Bertz CT molecular complexity index is 485. The molecule has 0 aliphatic carbocycles. The first kappa shape index (κ1) is 13.6. The van der Waals surface area contributed by atoms with Crippen molar-refractivity contribution in [1.82, 2.24) is 4.98 Å². The molecule has 1 N–H and O–H groups in total. The Morgan fingerprint density at radius 2 is 2.26 bits per heavy atom. The van der Waals surface area contributed by atoms with Gasteiger partial charge in [-0.25, -0.2) is 9.78 Å². The maximum atomic E-state index is 10.7. The van der Waals surface area contributed by atoms with Gasteiger partial charge in [0.05, 0.1) is 0 Å². The average molecular weight is 260 g/mol. The molecule has 0 saturated carbocycles. The highest BCUT2D eigenvalue weighted by Crippen LogP contribution is 2.28. The van der Waals surface area contributed by atoms with E-state index in [1.54, 1.807) is 12.3 Å². The second kappa shape index (κ2) is 5.87. The lowest BCUT2D eigenvalue weighted by Crippen LogP contribution is -2.41. The second-order valence-corrected chi connectivity index (χ2v) is 5.27. The molecule has 0 aromatic carbocycles. The van der Waals surface area contributed by atoms with Crippen LogP contribution in [0.2, 0.25) is 0 Å². The molecule has 102 valence electrons. The molecule has 1 saturated heterocycles. The van der Waals surface area contributed by atoms with Gasteiger partial charge in [-0.3, -0.25) is 0 Å². The van der Waals surface area contributed by atoms with Gasteiger partial charge in [0.15, 0.2) is 0 Å². The minimum atomic E-state index is -0.935. The molecule has 2 atom stereocenters. The number of aromatic nitrogens is 1. The number of hydrogen-bond acceptors (Lipinski definition) is 3. The number of nitrogens with zero attached hydrogens (tertiary/aromatic N) is 2. The summed E-state index contributed by atoms with van der Waals surface area (Å²) in [6.07, 6.45) is 6.94. The SMILES string of the molecule is CC1CCC(C)N(c2ncccc2/C=C/C(=O)O)C1. The van der Waals surface area contributed by atoms with Crippen molar-refractivity contribution in [1.29, 1.82) is 0 Å². The van der Waals surface area contributed by atoms with Gasteiger partial charge >= 0.3 is 5.97 Å². The van der Waals surface area contributed by atoms with E-state index in [4.69, 9.17) is 5.11 Å². The summed E-state index contributed by atoms with van der Waals surface area (Å²) in [4.78, 5) is 17.4. The first-order valence-electron chi connectivity index (χ1n) is 6.70. The molecule has 19 heavy (non-hydrogen) atoms. The number of carboxylic acids is 1. The fourth-order valence-corrected chi connectivity index (χ4v) is 2.52. The number of carboxylic acid groups (broad SMARTS) is 1. The van der Waals surface area contributed by atoms with Crippen molar-refractivity contribution in [2.24, 2.45) is 5.92 Å². The van der Waals surface area contributed by atoms with Crippen LogP contribution >= 0.6 is 0 Å². The maximum Gasteiger partial charge on any atom is 0.328 e. The molecule has 4 heteroatoms. The zero-order valence-corrected chi connectivity index (χ0v) is 11.4. The van der Waals surface area contributed by atoms with Crippen LogP contribution in [-0.4, -0.2) is 28.6 Å². The van der Waals surface area contributed by atoms with Crippen LogP contribution in [0.5, 0.6) is 0 Å². The number of anilines is 1. The van der Waals surface area contributed by atoms with Crippen molar-refractivity contribution in [3.63, 3.8) is 0 Å². The molecule has 4 nitrogen and oxygen atoms in total. The minimum absolute atomic E-state index is 0.447. The van der Waals surface area contributed by atoms with Crippen molar-refractivity contribution in [3.05, 3.63) is 30.0 Å². The Morgan fingerprint density at radius 3 is 3.00 bits per heavy atom. The van der Waals surface area contributed by atoms with Crippen LogP contribution in [0, 0.1) is 5.92 Å². The molecule has 0 radical (unpaired) electrons. The van der Waals surface area contributed by atoms with Gasteiger partial charge in [-0.05, 0) is 43.9 Å². The second-order valence-electron chi connectivity index (χ2n) is 5.27. The number of aliphatic carboxylic acids is 1. The molecule has 0 amide bonds. The van der Waals surface area contributed by atoms with Gasteiger partial charge in [0, 0.05) is 30.4 Å². The molecule has 0 bridgehead atoms. The van der Waals surface area contributed by atoms with Gasteiger partial charge < -0.3 is 10.0 Å². The van der Waals surface area contributed by atoms with E-state index in [0.29, 0.717) is 12.0 Å². The zero-order valence-electron chi connectivity index (χ0n) is 11.4. The van der Waals surface area contributed by atoms with E-state index in [2.05, 4.69) is 23.7 Å². The topological polar surface area (TPSA) is 53.4 Å². The van der Waals surface area contributed by atoms with Gasteiger partial charge in [-0.1, -0.05) is 6.92 Å². The summed E-state index contributed by atoms with van der Waals surface area (Å²) in [5.74, 6) is 0.600. The Balaban J connectivity index is 2.30. The van der Waals surface area contributed by atoms with E-state index >= 15 is 0 Å². The fourth-order valence-electron chi connectivity index (χ4n) is 2.52. The predicted molar refractivity (Wildman–Crippen MR) is 76.1 cm³/mol. The van der Waals surface area contributed by atoms with Crippen LogP contribution < -0.4 is 4.90 Å². The average Bonchev–Trinajstić information content (AvgIpc) is 2.39. The normalized spacial score (nSPS) is 23.8. The predicted octanol–water partition coefficient (Wildman–Crippen LogP) is 2.80. The summed E-state index contributed by atoms with van der Waals surface area (Å²) in [5, 5.41) is 8.75. The number of piperidine rings is 1. The van der Waals surface area contributed by atoms with E-state index in [9.17, 15) is 4.79 Å². The number of hydrogen-bond donors (Lipinski definition) is 1. The first-order chi connectivity index (χ1) is 9.08. The minimum Gasteiger partial charge on any atom is -0.478 e. The molecule has 1 fully saturated rings. The lowest BCUT2D eigenvalue weighted by atomic mass is 9.94. The van der Waals surface area contributed by atoms with Crippen LogP contribution in [0.4, 0.5) is 5.82 Å². The molecule has 1 aliphatic heterocycles. The quantitative estimate of drug-likeness (QED) is 0.849. The molecule has 1 aromatic heterocycles. The van der Waals surface area contributed by atoms with E-state index in [-0.39, 0.29) is 0 Å². The van der Waals surface area contributed by atoms with Crippen LogP contribution in [0.15, 0.2) is 24.4 Å². The smallest absolute Gasteiger partial charge is 0.328 e. The van der Waals surface area contributed by atoms with Gasteiger partial charge in [0.25, 0.3) is 0 Å². The molecule has 2 unspecified atom stereocenters. The van der Waals surface area contributed by atoms with Crippen molar-refractivity contribution in [2.75, 3.05) is 11.4 Å². The lowest BCUT2D eigenvalue weighted by molar-refractivity contribution is -0.131. The third-order valence-corrected chi connectivity index (χ3v) is 3.61. The van der Waals surface area contributed by atoms with Crippen molar-refractivity contribution in [2.45, 2.75) is 32.7 Å². The summed E-state index contributed by atoms with van der Waals surface area (Å²) in [5.41, 5.74) is 0.867. The van der Waals surface area contributed by atoms with Gasteiger partial charge in [-0.15, -0.1) is 0 Å². The van der Waals surface area contributed by atoms with Gasteiger partial charge in [0.1, 0.15) is 5.82 Å². The van der Waals surface area contributed by atoms with Gasteiger partial charge in [0.2, 0.25) is 0 Å². The van der Waals surface area contributed by atoms with Crippen LogP contribution in [-0.2, 0) is 4.79 Å². The Kier molecular flexibility index (Phi) is 4.20. The summed E-state index contributed by atoms with van der Waals surface area (Å²) >= 11 is 0. The Labute approximate surface area is 113 Å². The Morgan fingerprint density at radius 1 is 1.47 bits per heavy atom. The maximum absolute atomic E-state index is 10.7. The van der Waals surface area contributed by atoms with Crippen LogP contribution in [0.3, 0.4) is 0 Å². The van der Waals surface area contributed by atoms with Crippen molar-refractivity contribution in [3.8, 4) is 0 Å². The van der Waals surface area contributed by atoms with Gasteiger partial charge in [-0.2, -0.15) is 0 Å². The van der Waals surface area contributed by atoms with Crippen LogP contribution in [0.25, 0.3) is 6.08 Å². The molecular weight excluding hydrogens is 240 g/mol. The number of pyridine rings is 1. The molecule has 2 rings (SSSR count). The fraction of sp³-hybridized carbons (Fsp3) is 0.467. The highest BCUT2D eigenvalue weighted by molar-refractivity contribution is 5.86. The highest BCUT2D eigenvalue weighted by atomic mass is 16.4. The largest absolute Gasteiger partial charge is 0.478 e. The summed E-state index contributed by atoms with van der Waals surface area (Å²) < 4.78 is 0. The van der Waals surface area contributed by atoms with E-state index < -0.39 is 5.97 Å². The molecule has 1 aliphatic rings. The zero-order chi connectivity index (χ0) is 13.8. The summed E-state index contributed by atoms with van der Waals surface area (Å²) in [6.45, 7) is 5.42. The standard InChI is InChI=1S/C15H20N2O2/c1-11-5-6-12(2)17(10-11)15-13(4-3-9-16-15)7-8-14(18)19/h3-4,7-9,11-12H,5-6,10H2,1-2H3,(H,18,19)/b8-7+. The molecule has 1 aromatic rings. The van der Waals surface area contributed by atoms with Crippen molar-refractivity contribution < 1.29 is 9.90 Å². The number of rotatable bonds is 3. The van der Waals surface area contributed by atoms with E-state index in [0.717, 1.165) is 24.3 Å².